The minimum absolute atomic E-state index is 0.0851. The van der Waals surface area contributed by atoms with Crippen molar-refractivity contribution in [3.8, 4) is 11.5 Å². The monoisotopic (exact) mass is 339 g/mol. The molecular formula is C15H15BrClNO. The highest BCUT2D eigenvalue weighted by Crippen LogP contribution is 2.29. The van der Waals surface area contributed by atoms with E-state index in [9.17, 15) is 0 Å². The maximum absolute atomic E-state index is 5.89. The Bertz CT molecular complexity index is 555. The van der Waals surface area contributed by atoms with Gasteiger partial charge in [-0.1, -0.05) is 27.5 Å². The average molecular weight is 341 g/mol. The Morgan fingerprint density at radius 1 is 1.21 bits per heavy atom. The Balaban J connectivity index is 2.26. The highest BCUT2D eigenvalue weighted by molar-refractivity contribution is 9.10. The van der Waals surface area contributed by atoms with Crippen molar-refractivity contribution in [1.82, 2.24) is 0 Å². The highest BCUT2D eigenvalue weighted by Gasteiger charge is 2.08. The second-order valence-corrected chi connectivity index (χ2v) is 5.84. The second kappa shape index (κ2) is 6.42. The number of hydrogen-bond donors (Lipinski definition) is 1. The van der Waals surface area contributed by atoms with Gasteiger partial charge in [0.2, 0.25) is 0 Å². The van der Waals surface area contributed by atoms with Gasteiger partial charge in [-0.2, -0.15) is 0 Å². The Hall–Kier alpha value is -1.03. The van der Waals surface area contributed by atoms with Gasteiger partial charge in [-0.25, -0.2) is 0 Å². The summed E-state index contributed by atoms with van der Waals surface area (Å²) < 4.78 is 6.91. The molecule has 0 bridgehead atoms. The van der Waals surface area contributed by atoms with E-state index in [-0.39, 0.29) is 6.04 Å². The summed E-state index contributed by atoms with van der Waals surface area (Å²) in [6, 6.07) is 13.3. The van der Waals surface area contributed by atoms with Gasteiger partial charge in [-0.15, -0.1) is 0 Å². The zero-order valence-corrected chi connectivity index (χ0v) is 12.9. The van der Waals surface area contributed by atoms with Gasteiger partial charge < -0.3 is 10.5 Å². The van der Waals surface area contributed by atoms with Crippen molar-refractivity contribution >= 4 is 27.5 Å². The van der Waals surface area contributed by atoms with Crippen molar-refractivity contribution in [2.24, 2.45) is 5.73 Å². The van der Waals surface area contributed by atoms with Gasteiger partial charge in [0.15, 0.2) is 0 Å². The summed E-state index contributed by atoms with van der Waals surface area (Å²) in [5.41, 5.74) is 6.95. The number of ether oxygens (including phenoxy) is 1. The van der Waals surface area contributed by atoms with Crippen LogP contribution >= 0.6 is 27.5 Å². The van der Waals surface area contributed by atoms with Crippen molar-refractivity contribution in [3.05, 3.63) is 57.5 Å². The van der Waals surface area contributed by atoms with Crippen LogP contribution in [0, 0.1) is 0 Å². The van der Waals surface area contributed by atoms with Crippen LogP contribution in [0.5, 0.6) is 11.5 Å². The first-order valence-corrected chi connectivity index (χ1v) is 7.19. The van der Waals surface area contributed by atoms with Crippen molar-refractivity contribution in [1.29, 1.82) is 0 Å². The summed E-state index contributed by atoms with van der Waals surface area (Å²) in [6.07, 6.45) is 0.766. The molecule has 0 fully saturated rings. The molecule has 0 saturated carbocycles. The van der Waals surface area contributed by atoms with Crippen LogP contribution in [-0.2, 0) is 6.42 Å². The molecule has 0 amide bonds. The SMILES string of the molecule is CC(N)Cc1cc(Br)ccc1Oc1ccc(Cl)cc1. The molecule has 0 saturated heterocycles. The van der Waals surface area contributed by atoms with E-state index < -0.39 is 0 Å². The fraction of sp³-hybridized carbons (Fsp3) is 0.200. The molecule has 2 N–H and O–H groups in total. The predicted molar refractivity (Wildman–Crippen MR) is 83.0 cm³/mol. The summed E-state index contributed by atoms with van der Waals surface area (Å²) in [5, 5.41) is 0.693. The lowest BCUT2D eigenvalue weighted by Crippen LogP contribution is -2.18. The van der Waals surface area contributed by atoms with Crippen LogP contribution in [0.4, 0.5) is 0 Å². The van der Waals surface area contributed by atoms with Crippen LogP contribution in [0.25, 0.3) is 0 Å². The van der Waals surface area contributed by atoms with Crippen molar-refractivity contribution in [3.63, 3.8) is 0 Å². The van der Waals surface area contributed by atoms with Crippen molar-refractivity contribution < 1.29 is 4.74 Å². The third-order valence-electron chi connectivity index (χ3n) is 2.61. The van der Waals surface area contributed by atoms with Crippen molar-refractivity contribution in [2.75, 3.05) is 0 Å². The Morgan fingerprint density at radius 2 is 1.89 bits per heavy atom. The van der Waals surface area contributed by atoms with Gasteiger partial charge >= 0.3 is 0 Å². The van der Waals surface area contributed by atoms with Crippen molar-refractivity contribution in [2.45, 2.75) is 19.4 Å². The van der Waals surface area contributed by atoms with Gasteiger partial charge in [-0.3, -0.25) is 0 Å². The zero-order valence-electron chi connectivity index (χ0n) is 10.6. The summed E-state index contributed by atoms with van der Waals surface area (Å²) in [6.45, 7) is 1.98. The fourth-order valence-corrected chi connectivity index (χ4v) is 2.32. The molecule has 2 aromatic carbocycles. The molecule has 0 aliphatic carbocycles. The van der Waals surface area contributed by atoms with E-state index in [4.69, 9.17) is 22.1 Å². The van der Waals surface area contributed by atoms with Crippen LogP contribution < -0.4 is 10.5 Å². The zero-order chi connectivity index (χ0) is 13.8. The van der Waals surface area contributed by atoms with Crippen LogP contribution in [0.2, 0.25) is 5.02 Å². The minimum Gasteiger partial charge on any atom is -0.457 e. The van der Waals surface area contributed by atoms with Gasteiger partial charge in [0, 0.05) is 15.5 Å². The summed E-state index contributed by atoms with van der Waals surface area (Å²) in [7, 11) is 0. The molecule has 0 aliphatic rings. The number of nitrogens with two attached hydrogens (primary N) is 1. The van der Waals surface area contributed by atoms with Crippen LogP contribution in [0.1, 0.15) is 12.5 Å². The Labute approximate surface area is 126 Å². The smallest absolute Gasteiger partial charge is 0.130 e. The second-order valence-electron chi connectivity index (χ2n) is 4.49. The molecule has 2 aromatic rings. The molecule has 0 heterocycles. The molecule has 2 rings (SSSR count). The summed E-state index contributed by atoms with van der Waals surface area (Å²) >= 11 is 9.32. The standard InChI is InChI=1S/C15H15BrClNO/c1-10(18)8-11-9-12(16)2-7-15(11)19-14-5-3-13(17)4-6-14/h2-7,9-10H,8,18H2,1H3. The largest absolute Gasteiger partial charge is 0.457 e. The van der Waals surface area contributed by atoms with E-state index in [1.165, 1.54) is 0 Å². The quantitative estimate of drug-likeness (QED) is 0.869. The molecule has 1 unspecified atom stereocenters. The molecule has 100 valence electrons. The van der Waals surface area contributed by atoms with Gasteiger partial charge in [0.05, 0.1) is 0 Å². The molecule has 0 radical (unpaired) electrons. The van der Waals surface area contributed by atoms with E-state index in [1.807, 2.05) is 37.3 Å². The average Bonchev–Trinajstić information content (AvgIpc) is 2.34. The number of rotatable bonds is 4. The summed E-state index contributed by atoms with van der Waals surface area (Å²) in [4.78, 5) is 0. The van der Waals surface area contributed by atoms with E-state index in [0.717, 1.165) is 28.0 Å². The van der Waals surface area contributed by atoms with E-state index >= 15 is 0 Å². The topological polar surface area (TPSA) is 35.2 Å². The van der Waals surface area contributed by atoms with E-state index in [2.05, 4.69) is 15.9 Å². The van der Waals surface area contributed by atoms with Crippen LogP contribution in [0.3, 0.4) is 0 Å². The molecule has 0 aliphatic heterocycles. The van der Waals surface area contributed by atoms with Crippen LogP contribution in [-0.4, -0.2) is 6.04 Å². The third kappa shape index (κ3) is 4.23. The fourth-order valence-electron chi connectivity index (χ4n) is 1.78. The van der Waals surface area contributed by atoms with Gasteiger partial charge in [0.1, 0.15) is 11.5 Å². The minimum atomic E-state index is 0.0851. The Kier molecular flexibility index (Phi) is 4.86. The lowest BCUT2D eigenvalue weighted by Gasteiger charge is -2.13. The molecule has 1 atom stereocenters. The first kappa shape index (κ1) is 14.4. The molecule has 4 heteroatoms. The van der Waals surface area contributed by atoms with Gasteiger partial charge in [-0.05, 0) is 61.4 Å². The maximum Gasteiger partial charge on any atom is 0.130 e. The molecule has 19 heavy (non-hydrogen) atoms. The molecular weight excluding hydrogens is 326 g/mol. The highest BCUT2D eigenvalue weighted by atomic mass is 79.9. The third-order valence-corrected chi connectivity index (χ3v) is 3.35. The first-order valence-electron chi connectivity index (χ1n) is 6.02. The summed E-state index contributed by atoms with van der Waals surface area (Å²) in [5.74, 6) is 1.58. The van der Waals surface area contributed by atoms with E-state index in [1.54, 1.807) is 12.1 Å². The molecule has 2 nitrogen and oxygen atoms in total. The molecule has 0 spiro atoms. The maximum atomic E-state index is 5.89. The van der Waals surface area contributed by atoms with Gasteiger partial charge in [0.25, 0.3) is 0 Å². The van der Waals surface area contributed by atoms with E-state index in [0.29, 0.717) is 5.02 Å². The van der Waals surface area contributed by atoms with Crippen LogP contribution in [0.15, 0.2) is 46.9 Å². The number of hydrogen-bond acceptors (Lipinski definition) is 2. The number of benzene rings is 2. The number of halogens is 2. The normalized spacial score (nSPS) is 12.2. The lowest BCUT2D eigenvalue weighted by atomic mass is 10.1. The Morgan fingerprint density at radius 3 is 2.53 bits per heavy atom. The molecule has 0 aromatic heterocycles. The first-order chi connectivity index (χ1) is 9.04. The predicted octanol–water partition coefficient (Wildman–Crippen LogP) is 4.78. The lowest BCUT2D eigenvalue weighted by molar-refractivity contribution is 0.473.